The van der Waals surface area contributed by atoms with Crippen LogP contribution in [0, 0.1) is 13.8 Å². The molecule has 0 saturated heterocycles. The van der Waals surface area contributed by atoms with Crippen molar-refractivity contribution in [1.29, 1.82) is 0 Å². The summed E-state index contributed by atoms with van der Waals surface area (Å²) in [5, 5.41) is 6.76. The van der Waals surface area contributed by atoms with Crippen molar-refractivity contribution >= 4 is 11.6 Å². The smallest absolute Gasteiger partial charge is 0.238 e. The summed E-state index contributed by atoms with van der Waals surface area (Å²) in [6.07, 6.45) is 3.14. The lowest BCUT2D eigenvalue weighted by Gasteiger charge is -2.07. The van der Waals surface area contributed by atoms with Gasteiger partial charge in [0, 0.05) is 18.5 Å². The molecule has 1 N–H and O–H groups in total. The molecule has 0 fully saturated rings. The molecule has 0 aliphatic heterocycles. The van der Waals surface area contributed by atoms with Gasteiger partial charge in [-0.1, -0.05) is 11.2 Å². The largest absolute Gasteiger partial charge is 0.461 e. The number of nitrogens with zero attached hydrogens (tertiary/aromatic N) is 2. The predicted molar refractivity (Wildman–Crippen MR) is 89.5 cm³/mol. The van der Waals surface area contributed by atoms with E-state index in [9.17, 15) is 4.79 Å². The third-order valence-corrected chi connectivity index (χ3v) is 3.79. The van der Waals surface area contributed by atoms with Gasteiger partial charge in [-0.15, -0.1) is 0 Å². The fraction of sp³-hybridized carbons (Fsp3) is 0.278. The Balaban J connectivity index is 1.47. The van der Waals surface area contributed by atoms with Crippen LogP contribution in [0.5, 0.6) is 0 Å². The highest BCUT2D eigenvalue weighted by Crippen LogP contribution is 2.17. The maximum Gasteiger partial charge on any atom is 0.238 e. The Bertz CT molecular complexity index is 822. The molecule has 6 nitrogen and oxygen atoms in total. The molecule has 0 aliphatic rings. The summed E-state index contributed by atoms with van der Waals surface area (Å²) in [5.74, 6) is 1.47. The number of carbonyl (C=O) groups excluding carboxylic acids is 1. The molecular formula is C18H19N3O3. The van der Waals surface area contributed by atoms with Crippen LogP contribution in [0.1, 0.15) is 29.9 Å². The average molecular weight is 325 g/mol. The van der Waals surface area contributed by atoms with Gasteiger partial charge >= 0.3 is 0 Å². The summed E-state index contributed by atoms with van der Waals surface area (Å²) in [6, 6.07) is 9.42. The number of furan rings is 1. The topological polar surface area (TPSA) is 81.2 Å². The SMILES string of the molecule is Cc1ccc(NC(=O)CCCc2nc(-c3ccco3)no2)cc1C. The monoisotopic (exact) mass is 325 g/mol. The van der Waals surface area contributed by atoms with Gasteiger partial charge in [0.25, 0.3) is 0 Å². The molecule has 0 bridgehead atoms. The van der Waals surface area contributed by atoms with Crippen molar-refractivity contribution in [2.24, 2.45) is 0 Å². The lowest BCUT2D eigenvalue weighted by atomic mass is 10.1. The molecule has 3 rings (SSSR count). The summed E-state index contributed by atoms with van der Waals surface area (Å²) in [5.41, 5.74) is 3.18. The molecule has 1 aromatic carbocycles. The van der Waals surface area contributed by atoms with Crippen LogP contribution in [-0.2, 0) is 11.2 Å². The Hall–Kier alpha value is -2.89. The van der Waals surface area contributed by atoms with E-state index in [0.717, 1.165) is 11.3 Å². The molecule has 0 aliphatic carbocycles. The molecule has 0 atom stereocenters. The molecule has 6 heteroatoms. The second-order valence-electron chi connectivity index (χ2n) is 5.69. The van der Waals surface area contributed by atoms with Crippen molar-refractivity contribution in [3.05, 3.63) is 53.6 Å². The molecular weight excluding hydrogens is 306 g/mol. The number of hydrogen-bond acceptors (Lipinski definition) is 5. The van der Waals surface area contributed by atoms with Crippen molar-refractivity contribution in [2.75, 3.05) is 5.32 Å². The van der Waals surface area contributed by atoms with E-state index < -0.39 is 0 Å². The first-order valence-corrected chi connectivity index (χ1v) is 7.85. The molecule has 24 heavy (non-hydrogen) atoms. The van der Waals surface area contributed by atoms with Gasteiger partial charge in [0.05, 0.1) is 6.26 Å². The highest BCUT2D eigenvalue weighted by Gasteiger charge is 2.11. The molecule has 2 heterocycles. The summed E-state index contributed by atoms with van der Waals surface area (Å²) in [7, 11) is 0. The Morgan fingerprint density at radius 1 is 1.21 bits per heavy atom. The normalized spacial score (nSPS) is 10.8. The Labute approximate surface area is 139 Å². The highest BCUT2D eigenvalue weighted by atomic mass is 16.5. The van der Waals surface area contributed by atoms with E-state index in [2.05, 4.69) is 15.5 Å². The van der Waals surface area contributed by atoms with Crippen molar-refractivity contribution in [2.45, 2.75) is 33.1 Å². The van der Waals surface area contributed by atoms with Crippen LogP contribution in [0.15, 0.2) is 45.5 Å². The van der Waals surface area contributed by atoms with Gasteiger partial charge in [-0.2, -0.15) is 4.98 Å². The molecule has 2 aromatic heterocycles. The van der Waals surface area contributed by atoms with Gasteiger partial charge in [0.2, 0.25) is 17.6 Å². The van der Waals surface area contributed by atoms with Crippen LogP contribution in [0.2, 0.25) is 0 Å². The van der Waals surface area contributed by atoms with Gasteiger partial charge in [-0.05, 0) is 55.7 Å². The molecule has 124 valence electrons. The molecule has 0 unspecified atom stereocenters. The van der Waals surface area contributed by atoms with E-state index in [1.165, 1.54) is 5.56 Å². The predicted octanol–water partition coefficient (Wildman–Crippen LogP) is 3.91. The van der Waals surface area contributed by atoms with Gasteiger partial charge in [0.1, 0.15) is 0 Å². The second kappa shape index (κ2) is 7.12. The fourth-order valence-corrected chi connectivity index (χ4v) is 2.31. The minimum absolute atomic E-state index is 0.0240. The first-order chi connectivity index (χ1) is 11.6. The molecule has 1 amide bonds. The number of hydrogen-bond donors (Lipinski definition) is 1. The number of carbonyl (C=O) groups is 1. The number of amides is 1. The Kier molecular flexibility index (Phi) is 4.74. The number of anilines is 1. The molecule has 0 spiro atoms. The number of nitrogens with one attached hydrogen (secondary N) is 1. The average Bonchev–Trinajstić information content (AvgIpc) is 3.22. The lowest BCUT2D eigenvalue weighted by Crippen LogP contribution is -2.11. The van der Waals surface area contributed by atoms with Crippen LogP contribution in [0.25, 0.3) is 11.6 Å². The third-order valence-electron chi connectivity index (χ3n) is 3.79. The summed E-state index contributed by atoms with van der Waals surface area (Å²) >= 11 is 0. The van der Waals surface area contributed by atoms with Crippen LogP contribution >= 0.6 is 0 Å². The van der Waals surface area contributed by atoms with Gasteiger partial charge in [0.15, 0.2) is 5.76 Å². The van der Waals surface area contributed by atoms with Crippen molar-refractivity contribution in [3.63, 3.8) is 0 Å². The van der Waals surface area contributed by atoms with Gasteiger partial charge < -0.3 is 14.3 Å². The van der Waals surface area contributed by atoms with Crippen LogP contribution in [0.4, 0.5) is 5.69 Å². The molecule has 0 saturated carbocycles. The fourth-order valence-electron chi connectivity index (χ4n) is 2.31. The van der Waals surface area contributed by atoms with Crippen LogP contribution in [0.3, 0.4) is 0 Å². The Morgan fingerprint density at radius 2 is 2.08 bits per heavy atom. The maximum absolute atomic E-state index is 12.0. The summed E-state index contributed by atoms with van der Waals surface area (Å²) < 4.78 is 10.4. The number of benzene rings is 1. The van der Waals surface area contributed by atoms with E-state index >= 15 is 0 Å². The zero-order chi connectivity index (χ0) is 16.9. The third kappa shape index (κ3) is 3.90. The lowest BCUT2D eigenvalue weighted by molar-refractivity contribution is -0.116. The van der Waals surface area contributed by atoms with Crippen LogP contribution < -0.4 is 5.32 Å². The van der Waals surface area contributed by atoms with E-state index in [-0.39, 0.29) is 5.91 Å². The van der Waals surface area contributed by atoms with Crippen molar-refractivity contribution in [1.82, 2.24) is 10.1 Å². The number of rotatable bonds is 6. The highest BCUT2D eigenvalue weighted by molar-refractivity contribution is 5.90. The van der Waals surface area contributed by atoms with E-state index in [4.69, 9.17) is 8.94 Å². The van der Waals surface area contributed by atoms with Crippen LogP contribution in [-0.4, -0.2) is 16.0 Å². The quantitative estimate of drug-likeness (QED) is 0.743. The first kappa shape index (κ1) is 16.0. The zero-order valence-corrected chi connectivity index (χ0v) is 13.7. The molecule has 0 radical (unpaired) electrons. The minimum Gasteiger partial charge on any atom is -0.461 e. The Morgan fingerprint density at radius 3 is 2.83 bits per heavy atom. The van der Waals surface area contributed by atoms with Crippen molar-refractivity contribution in [3.8, 4) is 11.6 Å². The van der Waals surface area contributed by atoms with Crippen molar-refractivity contribution < 1.29 is 13.7 Å². The summed E-state index contributed by atoms with van der Waals surface area (Å²) in [6.45, 7) is 4.07. The maximum atomic E-state index is 12.0. The standard InChI is InChI=1S/C18H19N3O3/c1-12-8-9-14(11-13(12)2)19-16(22)6-3-7-17-20-18(21-24-17)15-5-4-10-23-15/h4-5,8-11H,3,6-7H2,1-2H3,(H,19,22). The molecule has 3 aromatic rings. The van der Waals surface area contributed by atoms with E-state index in [0.29, 0.717) is 36.7 Å². The number of aromatic nitrogens is 2. The van der Waals surface area contributed by atoms with E-state index in [1.807, 2.05) is 32.0 Å². The number of aryl methyl sites for hydroxylation is 3. The summed E-state index contributed by atoms with van der Waals surface area (Å²) in [4.78, 5) is 16.2. The first-order valence-electron chi connectivity index (χ1n) is 7.85. The van der Waals surface area contributed by atoms with E-state index in [1.54, 1.807) is 18.4 Å². The van der Waals surface area contributed by atoms with Gasteiger partial charge in [-0.25, -0.2) is 0 Å². The minimum atomic E-state index is -0.0240. The zero-order valence-electron chi connectivity index (χ0n) is 13.7. The second-order valence-corrected chi connectivity index (χ2v) is 5.69. The van der Waals surface area contributed by atoms with Gasteiger partial charge in [-0.3, -0.25) is 4.79 Å².